The number of carbonyl (C=O) groups excluding carboxylic acids is 1. The molecule has 1 aromatic carbocycles. The number of hydrogen-bond acceptors (Lipinski definition) is 5. The summed E-state index contributed by atoms with van der Waals surface area (Å²) in [5.74, 6) is -0.784. The Kier molecular flexibility index (Phi) is 2.54. The standard InChI is InChI=1S/C17H12FN3O3/c1-23-17(22)12-5-11-10-4-9(18)2-3-13(10)21-6-8-7-24-20-14(8)15(19-12)16(11)21/h2-5,8H,6-7H2,1H3. The second-order valence-electron chi connectivity index (χ2n) is 5.99. The van der Waals surface area contributed by atoms with Gasteiger partial charge in [0.05, 0.1) is 18.5 Å². The van der Waals surface area contributed by atoms with E-state index in [4.69, 9.17) is 9.57 Å². The van der Waals surface area contributed by atoms with Gasteiger partial charge in [-0.3, -0.25) is 0 Å². The van der Waals surface area contributed by atoms with Crippen molar-refractivity contribution in [3.05, 3.63) is 41.5 Å². The first kappa shape index (κ1) is 13.5. The minimum absolute atomic E-state index is 0.0711. The van der Waals surface area contributed by atoms with Gasteiger partial charge in [0.1, 0.15) is 29.5 Å². The Morgan fingerprint density at radius 2 is 2.25 bits per heavy atom. The van der Waals surface area contributed by atoms with Gasteiger partial charge in [-0.2, -0.15) is 0 Å². The van der Waals surface area contributed by atoms with Gasteiger partial charge in [-0.05, 0) is 24.3 Å². The maximum atomic E-state index is 13.8. The number of ether oxygens (including phenoxy) is 1. The minimum atomic E-state index is -0.535. The molecule has 0 spiro atoms. The highest BCUT2D eigenvalue weighted by Crippen LogP contribution is 2.37. The lowest BCUT2D eigenvalue weighted by molar-refractivity contribution is 0.0594. The van der Waals surface area contributed by atoms with Crippen molar-refractivity contribution in [1.29, 1.82) is 0 Å². The summed E-state index contributed by atoms with van der Waals surface area (Å²) in [7, 11) is 1.31. The van der Waals surface area contributed by atoms with E-state index in [-0.39, 0.29) is 17.4 Å². The predicted octanol–water partition coefficient (Wildman–Crippen LogP) is 2.48. The molecule has 0 radical (unpaired) electrons. The van der Waals surface area contributed by atoms with Crippen LogP contribution in [0.1, 0.15) is 16.2 Å². The molecule has 2 aliphatic rings. The van der Waals surface area contributed by atoms with Gasteiger partial charge in [-0.15, -0.1) is 0 Å². The topological polar surface area (TPSA) is 65.7 Å². The van der Waals surface area contributed by atoms with Crippen molar-refractivity contribution >= 4 is 33.5 Å². The number of oxime groups is 1. The van der Waals surface area contributed by atoms with Crippen molar-refractivity contribution in [3.8, 4) is 0 Å². The maximum absolute atomic E-state index is 13.8. The minimum Gasteiger partial charge on any atom is -0.464 e. The van der Waals surface area contributed by atoms with Crippen LogP contribution < -0.4 is 0 Å². The van der Waals surface area contributed by atoms with Crippen molar-refractivity contribution in [2.75, 3.05) is 13.7 Å². The van der Waals surface area contributed by atoms with Crippen LogP contribution in [0.5, 0.6) is 0 Å². The number of hydrogen-bond donors (Lipinski definition) is 0. The number of carbonyl (C=O) groups is 1. The van der Waals surface area contributed by atoms with Gasteiger partial charge in [-0.1, -0.05) is 5.16 Å². The first-order valence-corrected chi connectivity index (χ1v) is 7.58. The van der Waals surface area contributed by atoms with Crippen LogP contribution in [0.3, 0.4) is 0 Å². The zero-order valence-corrected chi connectivity index (χ0v) is 12.7. The van der Waals surface area contributed by atoms with E-state index in [1.165, 1.54) is 19.2 Å². The largest absolute Gasteiger partial charge is 0.464 e. The summed E-state index contributed by atoms with van der Waals surface area (Å²) in [5, 5.41) is 5.63. The zero-order valence-electron chi connectivity index (χ0n) is 12.7. The zero-order chi connectivity index (χ0) is 16.4. The summed E-state index contributed by atoms with van der Waals surface area (Å²) in [6.45, 7) is 1.16. The molecule has 3 aromatic rings. The number of aromatic nitrogens is 2. The summed E-state index contributed by atoms with van der Waals surface area (Å²) in [4.78, 5) is 21.7. The Labute approximate surface area is 135 Å². The lowest BCUT2D eigenvalue weighted by Gasteiger charge is -2.20. The van der Waals surface area contributed by atoms with E-state index >= 15 is 0 Å². The molecule has 0 aliphatic carbocycles. The number of nitrogens with zero attached hydrogens (tertiary/aromatic N) is 3. The first-order chi connectivity index (χ1) is 11.7. The molecule has 5 rings (SSSR count). The molecule has 2 aromatic heterocycles. The van der Waals surface area contributed by atoms with E-state index in [9.17, 15) is 9.18 Å². The fourth-order valence-corrected chi connectivity index (χ4v) is 3.62. The average Bonchev–Trinajstić information content (AvgIpc) is 3.18. The Morgan fingerprint density at radius 3 is 3.08 bits per heavy atom. The molecule has 0 amide bonds. The van der Waals surface area contributed by atoms with E-state index in [0.717, 1.165) is 27.5 Å². The second kappa shape index (κ2) is 4.53. The summed E-state index contributed by atoms with van der Waals surface area (Å²) in [6.07, 6.45) is 0. The van der Waals surface area contributed by atoms with Crippen LogP contribution in [0.15, 0.2) is 29.4 Å². The first-order valence-electron chi connectivity index (χ1n) is 7.58. The van der Waals surface area contributed by atoms with Crippen molar-refractivity contribution in [2.45, 2.75) is 6.54 Å². The molecular formula is C17H12FN3O3. The van der Waals surface area contributed by atoms with Crippen LogP contribution in [0.4, 0.5) is 4.39 Å². The quantitative estimate of drug-likeness (QED) is 0.645. The maximum Gasteiger partial charge on any atom is 0.356 e. The van der Waals surface area contributed by atoms with Crippen molar-refractivity contribution in [3.63, 3.8) is 0 Å². The Morgan fingerprint density at radius 1 is 1.38 bits per heavy atom. The summed E-state index contributed by atoms with van der Waals surface area (Å²) < 4.78 is 20.7. The van der Waals surface area contributed by atoms with Gasteiger partial charge in [0.15, 0.2) is 0 Å². The second-order valence-corrected chi connectivity index (χ2v) is 5.99. The van der Waals surface area contributed by atoms with Gasteiger partial charge < -0.3 is 14.1 Å². The van der Waals surface area contributed by atoms with Gasteiger partial charge in [0.25, 0.3) is 0 Å². The number of pyridine rings is 1. The Balaban J connectivity index is 1.96. The monoisotopic (exact) mass is 325 g/mol. The molecule has 7 heteroatoms. The molecule has 0 bridgehead atoms. The third kappa shape index (κ3) is 1.61. The highest BCUT2D eigenvalue weighted by atomic mass is 19.1. The number of halogens is 1. The van der Waals surface area contributed by atoms with Gasteiger partial charge >= 0.3 is 5.97 Å². The molecule has 0 saturated heterocycles. The Hall–Kier alpha value is -2.96. The lowest BCUT2D eigenvalue weighted by Crippen LogP contribution is -2.27. The number of fused-ring (bicyclic) bond motifs is 5. The molecule has 6 nitrogen and oxygen atoms in total. The molecule has 0 fully saturated rings. The van der Waals surface area contributed by atoms with E-state index in [2.05, 4.69) is 14.7 Å². The molecule has 1 unspecified atom stereocenters. The van der Waals surface area contributed by atoms with Crippen LogP contribution in [0, 0.1) is 11.7 Å². The highest BCUT2D eigenvalue weighted by molar-refractivity contribution is 6.19. The summed E-state index contributed by atoms with van der Waals surface area (Å²) >= 11 is 0. The van der Waals surface area contributed by atoms with E-state index in [1.807, 2.05) is 0 Å². The summed E-state index contributed by atoms with van der Waals surface area (Å²) in [5.41, 5.74) is 3.28. The smallest absolute Gasteiger partial charge is 0.356 e. The van der Waals surface area contributed by atoms with Gasteiger partial charge in [-0.25, -0.2) is 14.2 Å². The van der Waals surface area contributed by atoms with Crippen LogP contribution >= 0.6 is 0 Å². The van der Waals surface area contributed by atoms with E-state index in [1.54, 1.807) is 12.1 Å². The SMILES string of the molecule is COC(=O)c1cc2c3cc(F)ccc3n3c2c(n1)C1=NOCC1C3. The third-order valence-electron chi connectivity index (χ3n) is 4.67. The van der Waals surface area contributed by atoms with Crippen LogP contribution in [-0.4, -0.2) is 34.9 Å². The van der Waals surface area contributed by atoms with Crippen LogP contribution in [0.2, 0.25) is 0 Å². The molecule has 0 saturated carbocycles. The van der Waals surface area contributed by atoms with E-state index < -0.39 is 5.97 Å². The van der Waals surface area contributed by atoms with Crippen molar-refractivity contribution < 1.29 is 18.8 Å². The molecule has 0 N–H and O–H groups in total. The molecular weight excluding hydrogens is 313 g/mol. The predicted molar refractivity (Wildman–Crippen MR) is 84.5 cm³/mol. The van der Waals surface area contributed by atoms with Gasteiger partial charge in [0.2, 0.25) is 0 Å². The molecule has 1 atom stereocenters. The number of benzene rings is 1. The lowest BCUT2D eigenvalue weighted by atomic mass is 9.96. The molecule has 2 aliphatic heterocycles. The molecule has 4 heterocycles. The number of methoxy groups -OCH3 is 1. The van der Waals surface area contributed by atoms with Crippen molar-refractivity contribution in [1.82, 2.24) is 9.55 Å². The Bertz CT molecular complexity index is 1070. The highest BCUT2D eigenvalue weighted by Gasteiger charge is 2.35. The number of esters is 1. The fraction of sp³-hybridized carbons (Fsp3) is 0.235. The normalized spacial score (nSPS) is 18.4. The van der Waals surface area contributed by atoms with Gasteiger partial charge in [0, 0.05) is 22.8 Å². The number of rotatable bonds is 1. The third-order valence-corrected chi connectivity index (χ3v) is 4.67. The summed E-state index contributed by atoms with van der Waals surface area (Å²) in [6, 6.07) is 6.33. The van der Waals surface area contributed by atoms with Crippen LogP contribution in [0.25, 0.3) is 21.8 Å². The molecule has 24 heavy (non-hydrogen) atoms. The van der Waals surface area contributed by atoms with Crippen molar-refractivity contribution in [2.24, 2.45) is 11.1 Å². The molecule has 120 valence electrons. The average molecular weight is 325 g/mol. The fourth-order valence-electron chi connectivity index (χ4n) is 3.62. The van der Waals surface area contributed by atoms with E-state index in [0.29, 0.717) is 18.8 Å². The van der Waals surface area contributed by atoms with Crippen LogP contribution in [-0.2, 0) is 16.1 Å².